The van der Waals surface area contributed by atoms with Gasteiger partial charge in [-0.25, -0.2) is 14.6 Å². The Labute approximate surface area is 87.4 Å². The van der Waals surface area contributed by atoms with Crippen LogP contribution in [0.5, 0.6) is 0 Å². The summed E-state index contributed by atoms with van der Waals surface area (Å²) < 4.78 is 1.16. The smallest absolute Gasteiger partial charge is 0.348 e. The molecule has 0 saturated heterocycles. The van der Waals surface area contributed by atoms with Crippen molar-refractivity contribution in [2.45, 2.75) is 26.3 Å². The monoisotopic (exact) mass is 210 g/mol. The van der Waals surface area contributed by atoms with E-state index in [4.69, 9.17) is 5.11 Å². The topological polar surface area (TPSA) is 72.2 Å². The maximum Gasteiger partial charge on any atom is 0.348 e. The molecule has 5 heteroatoms. The Hall–Kier alpha value is -1.65. The first kappa shape index (κ1) is 11.4. The van der Waals surface area contributed by atoms with Gasteiger partial charge in [0.15, 0.2) is 0 Å². The highest BCUT2D eigenvalue weighted by molar-refractivity contribution is 5.71. The summed E-state index contributed by atoms with van der Waals surface area (Å²) in [6, 6.07) is 0.726. The van der Waals surface area contributed by atoms with Crippen molar-refractivity contribution >= 4 is 5.97 Å². The Kier molecular flexibility index (Phi) is 3.60. The van der Waals surface area contributed by atoms with Crippen molar-refractivity contribution in [1.29, 1.82) is 0 Å². The zero-order valence-corrected chi connectivity index (χ0v) is 8.75. The summed E-state index contributed by atoms with van der Waals surface area (Å²) in [6.07, 6.45) is 3.23. The number of carboxylic acids is 1. The van der Waals surface area contributed by atoms with Crippen molar-refractivity contribution in [3.8, 4) is 0 Å². The third kappa shape index (κ3) is 2.90. The number of hydrogen-bond donors (Lipinski definition) is 1. The van der Waals surface area contributed by atoms with Crippen LogP contribution in [-0.4, -0.2) is 20.6 Å². The van der Waals surface area contributed by atoms with Crippen molar-refractivity contribution in [2.24, 2.45) is 5.92 Å². The van der Waals surface area contributed by atoms with Gasteiger partial charge in [-0.3, -0.25) is 4.57 Å². The van der Waals surface area contributed by atoms with Crippen LogP contribution in [0, 0.1) is 5.92 Å². The Morgan fingerprint density at radius 1 is 1.60 bits per heavy atom. The highest BCUT2D eigenvalue weighted by Crippen LogP contribution is 2.15. The highest BCUT2D eigenvalue weighted by Gasteiger charge is 2.21. The average molecular weight is 210 g/mol. The lowest BCUT2D eigenvalue weighted by atomic mass is 10.0. The van der Waals surface area contributed by atoms with E-state index in [-0.39, 0.29) is 5.92 Å². The van der Waals surface area contributed by atoms with E-state index in [1.54, 1.807) is 6.07 Å². The van der Waals surface area contributed by atoms with Gasteiger partial charge in [0, 0.05) is 12.4 Å². The molecule has 0 aromatic carbocycles. The first-order chi connectivity index (χ1) is 7.02. The van der Waals surface area contributed by atoms with E-state index >= 15 is 0 Å². The van der Waals surface area contributed by atoms with Gasteiger partial charge >= 0.3 is 11.7 Å². The maximum absolute atomic E-state index is 11.3. The van der Waals surface area contributed by atoms with Gasteiger partial charge in [-0.15, -0.1) is 0 Å². The third-order valence-electron chi connectivity index (χ3n) is 2.05. The predicted octanol–water partition coefficient (Wildman–Crippen LogP) is 0.915. The fraction of sp³-hybridized carbons (Fsp3) is 0.500. The summed E-state index contributed by atoms with van der Waals surface area (Å²) in [5.41, 5.74) is -0.523. The lowest BCUT2D eigenvalue weighted by Crippen LogP contribution is -2.31. The molecule has 1 atom stereocenters. The second-order valence-electron chi connectivity index (χ2n) is 3.79. The first-order valence-corrected chi connectivity index (χ1v) is 4.78. The van der Waals surface area contributed by atoms with Gasteiger partial charge < -0.3 is 5.11 Å². The van der Waals surface area contributed by atoms with E-state index in [1.165, 1.54) is 12.4 Å². The van der Waals surface area contributed by atoms with Gasteiger partial charge in [0.2, 0.25) is 0 Å². The molecule has 0 bridgehead atoms. The number of rotatable bonds is 4. The molecule has 1 heterocycles. The van der Waals surface area contributed by atoms with Crippen LogP contribution < -0.4 is 5.69 Å². The summed E-state index contributed by atoms with van der Waals surface area (Å²) in [5, 5.41) is 9.01. The minimum atomic E-state index is -1.00. The molecule has 0 aliphatic rings. The van der Waals surface area contributed by atoms with Gasteiger partial charge in [-0.2, -0.15) is 0 Å². The Morgan fingerprint density at radius 3 is 2.73 bits per heavy atom. The molecule has 0 radical (unpaired) electrons. The maximum atomic E-state index is 11.3. The molecule has 5 nitrogen and oxygen atoms in total. The van der Waals surface area contributed by atoms with Crippen LogP contribution in [0.15, 0.2) is 23.3 Å². The van der Waals surface area contributed by atoms with Gasteiger partial charge in [-0.05, 0) is 18.4 Å². The lowest BCUT2D eigenvalue weighted by Gasteiger charge is -2.16. The predicted molar refractivity (Wildman–Crippen MR) is 54.6 cm³/mol. The number of carbonyl (C=O) groups is 1. The molecule has 1 unspecified atom stereocenters. The van der Waals surface area contributed by atoms with Gasteiger partial charge in [-0.1, -0.05) is 13.8 Å². The van der Waals surface area contributed by atoms with Crippen LogP contribution in [0.4, 0.5) is 0 Å². The first-order valence-electron chi connectivity index (χ1n) is 4.78. The fourth-order valence-corrected chi connectivity index (χ4v) is 1.39. The fourth-order valence-electron chi connectivity index (χ4n) is 1.39. The molecule has 82 valence electrons. The second-order valence-corrected chi connectivity index (χ2v) is 3.79. The van der Waals surface area contributed by atoms with Crippen LogP contribution in [0.2, 0.25) is 0 Å². The van der Waals surface area contributed by atoms with E-state index in [2.05, 4.69) is 4.98 Å². The molecule has 0 amide bonds. The minimum Gasteiger partial charge on any atom is -0.480 e. The summed E-state index contributed by atoms with van der Waals surface area (Å²) in [5.74, 6) is -0.794. The lowest BCUT2D eigenvalue weighted by molar-refractivity contribution is -0.141. The molecule has 0 saturated carbocycles. The Morgan fingerprint density at radius 2 is 2.27 bits per heavy atom. The van der Waals surface area contributed by atoms with Gasteiger partial charge in [0.05, 0.1) is 0 Å². The van der Waals surface area contributed by atoms with Gasteiger partial charge in [0.25, 0.3) is 0 Å². The molecule has 1 rings (SSSR count). The standard InChI is InChI=1S/C10H14N2O3/c1-7(2)6-8(9(13)14)12-5-3-4-11-10(12)15/h3-5,7-8H,6H2,1-2H3,(H,13,14). The van der Waals surface area contributed by atoms with Crippen molar-refractivity contribution in [1.82, 2.24) is 9.55 Å². The zero-order chi connectivity index (χ0) is 11.4. The number of carboxylic acid groups (broad SMARTS) is 1. The zero-order valence-electron chi connectivity index (χ0n) is 8.75. The van der Waals surface area contributed by atoms with E-state index in [9.17, 15) is 9.59 Å². The van der Waals surface area contributed by atoms with Crippen LogP contribution >= 0.6 is 0 Å². The largest absolute Gasteiger partial charge is 0.480 e. The van der Waals surface area contributed by atoms with Crippen molar-refractivity contribution < 1.29 is 9.90 Å². The molecule has 0 fully saturated rings. The van der Waals surface area contributed by atoms with Crippen LogP contribution in [0.25, 0.3) is 0 Å². The number of hydrogen-bond acceptors (Lipinski definition) is 3. The summed E-state index contributed by atoms with van der Waals surface area (Å²) in [7, 11) is 0. The Bertz CT molecular complexity index is 398. The molecule has 1 aromatic rings. The Balaban J connectivity index is 3.05. The van der Waals surface area contributed by atoms with E-state index in [0.717, 1.165) is 4.57 Å². The third-order valence-corrected chi connectivity index (χ3v) is 2.05. The molecular weight excluding hydrogens is 196 g/mol. The summed E-state index contributed by atoms with van der Waals surface area (Å²) in [6.45, 7) is 3.83. The summed E-state index contributed by atoms with van der Waals surface area (Å²) in [4.78, 5) is 25.9. The summed E-state index contributed by atoms with van der Waals surface area (Å²) >= 11 is 0. The van der Waals surface area contributed by atoms with Crippen molar-refractivity contribution in [3.05, 3.63) is 28.9 Å². The van der Waals surface area contributed by atoms with Crippen molar-refractivity contribution in [2.75, 3.05) is 0 Å². The molecule has 15 heavy (non-hydrogen) atoms. The van der Waals surface area contributed by atoms with E-state index < -0.39 is 17.7 Å². The number of aromatic nitrogens is 2. The number of nitrogens with zero attached hydrogens (tertiary/aromatic N) is 2. The molecule has 0 aliphatic carbocycles. The van der Waals surface area contributed by atoms with E-state index in [0.29, 0.717) is 6.42 Å². The average Bonchev–Trinajstić information content (AvgIpc) is 2.15. The van der Waals surface area contributed by atoms with E-state index in [1.807, 2.05) is 13.8 Å². The van der Waals surface area contributed by atoms with Crippen molar-refractivity contribution in [3.63, 3.8) is 0 Å². The molecule has 1 N–H and O–H groups in total. The molecule has 0 spiro atoms. The van der Waals surface area contributed by atoms with Crippen LogP contribution in [0.1, 0.15) is 26.3 Å². The van der Waals surface area contributed by atoms with Crippen LogP contribution in [-0.2, 0) is 4.79 Å². The van der Waals surface area contributed by atoms with Gasteiger partial charge in [0.1, 0.15) is 6.04 Å². The second kappa shape index (κ2) is 4.72. The molecule has 1 aromatic heterocycles. The van der Waals surface area contributed by atoms with Crippen LogP contribution in [0.3, 0.4) is 0 Å². The molecular formula is C10H14N2O3. The normalized spacial score (nSPS) is 12.7. The number of aliphatic carboxylic acids is 1. The highest BCUT2D eigenvalue weighted by atomic mass is 16.4. The molecule has 0 aliphatic heterocycles. The quantitative estimate of drug-likeness (QED) is 0.801. The minimum absolute atomic E-state index is 0.207. The SMILES string of the molecule is CC(C)CC(C(=O)O)n1cccnc1=O.